The second-order valence-electron chi connectivity index (χ2n) is 5.26. The van der Waals surface area contributed by atoms with E-state index in [1.807, 2.05) is 6.07 Å². The Morgan fingerprint density at radius 3 is 2.89 bits per heavy atom. The van der Waals surface area contributed by atoms with Crippen LogP contribution in [-0.2, 0) is 11.2 Å². The molecule has 1 heterocycles. The lowest BCUT2D eigenvalue weighted by atomic mass is 9.91. The molecule has 1 aliphatic heterocycles. The van der Waals surface area contributed by atoms with Crippen molar-refractivity contribution in [2.75, 3.05) is 13.2 Å². The minimum absolute atomic E-state index is 0.182. The summed E-state index contributed by atoms with van der Waals surface area (Å²) in [6.45, 7) is 5.89. The van der Waals surface area contributed by atoms with Crippen molar-refractivity contribution in [1.82, 2.24) is 5.32 Å². The second kappa shape index (κ2) is 6.69. The molecule has 2 nitrogen and oxygen atoms in total. The van der Waals surface area contributed by atoms with Crippen molar-refractivity contribution in [3.05, 3.63) is 34.6 Å². The van der Waals surface area contributed by atoms with E-state index in [1.165, 1.54) is 6.07 Å². The van der Waals surface area contributed by atoms with Crippen LogP contribution in [0.3, 0.4) is 0 Å². The first-order valence-electron chi connectivity index (χ1n) is 6.89. The Morgan fingerprint density at radius 1 is 1.53 bits per heavy atom. The summed E-state index contributed by atoms with van der Waals surface area (Å²) in [5.41, 5.74) is 0.979. The Hall–Kier alpha value is -0.640. The van der Waals surface area contributed by atoms with Crippen LogP contribution in [0.15, 0.2) is 18.2 Å². The number of rotatable bonds is 5. The third kappa shape index (κ3) is 3.91. The van der Waals surface area contributed by atoms with Gasteiger partial charge in [0.1, 0.15) is 5.82 Å². The summed E-state index contributed by atoms with van der Waals surface area (Å²) in [4.78, 5) is 0. The van der Waals surface area contributed by atoms with Gasteiger partial charge in [0.05, 0.1) is 17.7 Å². The fourth-order valence-electron chi connectivity index (χ4n) is 2.72. The lowest BCUT2D eigenvalue weighted by Gasteiger charge is -2.23. The number of nitrogens with one attached hydrogen (secondary N) is 1. The van der Waals surface area contributed by atoms with Crippen molar-refractivity contribution < 1.29 is 9.13 Å². The smallest absolute Gasteiger partial charge is 0.142 e. The van der Waals surface area contributed by atoms with Crippen LogP contribution in [0.25, 0.3) is 0 Å². The first kappa shape index (κ1) is 14.8. The van der Waals surface area contributed by atoms with E-state index in [0.29, 0.717) is 18.1 Å². The first-order valence-corrected chi connectivity index (χ1v) is 7.26. The molecule has 1 aliphatic rings. The van der Waals surface area contributed by atoms with Gasteiger partial charge >= 0.3 is 0 Å². The second-order valence-corrected chi connectivity index (χ2v) is 5.66. The monoisotopic (exact) mass is 285 g/mol. The number of likely N-dealkylation sites (N-methyl/N-ethyl adjacent to an activating group) is 1. The maximum Gasteiger partial charge on any atom is 0.142 e. The maximum atomic E-state index is 13.5. The van der Waals surface area contributed by atoms with Gasteiger partial charge in [0.25, 0.3) is 0 Å². The lowest BCUT2D eigenvalue weighted by Crippen LogP contribution is -2.38. The van der Waals surface area contributed by atoms with Crippen molar-refractivity contribution in [1.29, 1.82) is 0 Å². The van der Waals surface area contributed by atoms with Crippen LogP contribution in [-0.4, -0.2) is 25.3 Å². The Kier molecular flexibility index (Phi) is 5.20. The van der Waals surface area contributed by atoms with E-state index < -0.39 is 0 Å². The van der Waals surface area contributed by atoms with E-state index in [-0.39, 0.29) is 10.8 Å². The summed E-state index contributed by atoms with van der Waals surface area (Å²) >= 11 is 5.71. The molecule has 106 valence electrons. The largest absolute Gasteiger partial charge is 0.378 e. The van der Waals surface area contributed by atoms with Gasteiger partial charge in [0.2, 0.25) is 0 Å². The summed E-state index contributed by atoms with van der Waals surface area (Å²) < 4.78 is 19.1. The molecule has 1 fully saturated rings. The molecule has 0 spiro atoms. The fourth-order valence-corrected chi connectivity index (χ4v) is 2.84. The molecule has 2 rings (SSSR count). The molecule has 1 N–H and O–H groups in total. The maximum absolute atomic E-state index is 13.5. The molecule has 3 atom stereocenters. The predicted octanol–water partition coefficient (Wildman–Crippen LogP) is 3.42. The minimum atomic E-state index is -0.342. The molecule has 0 aliphatic carbocycles. The molecular weight excluding hydrogens is 265 g/mol. The molecule has 3 unspecified atom stereocenters. The highest BCUT2D eigenvalue weighted by molar-refractivity contribution is 6.30. The Labute approximate surface area is 119 Å². The van der Waals surface area contributed by atoms with E-state index in [2.05, 4.69) is 19.2 Å². The van der Waals surface area contributed by atoms with Gasteiger partial charge in [-0.1, -0.05) is 24.6 Å². The fraction of sp³-hybridized carbons (Fsp3) is 0.600. The van der Waals surface area contributed by atoms with Gasteiger partial charge in [-0.3, -0.25) is 0 Å². The normalized spacial score (nSPS) is 24.6. The number of benzene rings is 1. The SMILES string of the molecule is CCNC(Cc1ccc(Cl)c(F)c1)C1COC(C)C1. The molecule has 19 heavy (non-hydrogen) atoms. The molecule has 0 radical (unpaired) electrons. The molecule has 1 aromatic rings. The summed E-state index contributed by atoms with van der Waals surface area (Å²) in [6.07, 6.45) is 2.20. The number of hydrogen-bond acceptors (Lipinski definition) is 2. The summed E-state index contributed by atoms with van der Waals surface area (Å²) in [7, 11) is 0. The minimum Gasteiger partial charge on any atom is -0.378 e. The number of halogens is 2. The lowest BCUT2D eigenvalue weighted by molar-refractivity contribution is 0.117. The van der Waals surface area contributed by atoms with Crippen molar-refractivity contribution in [3.8, 4) is 0 Å². The number of ether oxygens (including phenoxy) is 1. The zero-order valence-electron chi connectivity index (χ0n) is 11.5. The molecule has 0 saturated carbocycles. The van der Waals surface area contributed by atoms with Gasteiger partial charge in [-0.15, -0.1) is 0 Å². The quantitative estimate of drug-likeness (QED) is 0.895. The van der Waals surface area contributed by atoms with Gasteiger partial charge in [-0.25, -0.2) is 4.39 Å². The average Bonchev–Trinajstić information content (AvgIpc) is 2.80. The molecule has 4 heteroatoms. The predicted molar refractivity (Wildman–Crippen MR) is 76.1 cm³/mol. The molecule has 0 bridgehead atoms. The third-order valence-electron chi connectivity index (χ3n) is 3.70. The van der Waals surface area contributed by atoms with Crippen LogP contribution in [0.5, 0.6) is 0 Å². The summed E-state index contributed by atoms with van der Waals surface area (Å²) in [6, 6.07) is 5.39. The van der Waals surface area contributed by atoms with Crippen molar-refractivity contribution in [2.24, 2.45) is 5.92 Å². The average molecular weight is 286 g/mol. The van der Waals surface area contributed by atoms with Crippen molar-refractivity contribution in [2.45, 2.75) is 38.8 Å². The topological polar surface area (TPSA) is 21.3 Å². The standard InChI is InChI=1S/C15H21ClFNO/c1-3-18-15(12-6-10(2)19-9-12)8-11-4-5-13(16)14(17)7-11/h4-5,7,10,12,15,18H,3,6,8-9H2,1-2H3. The molecule has 1 saturated heterocycles. The highest BCUT2D eigenvalue weighted by atomic mass is 35.5. The Morgan fingerprint density at radius 2 is 2.32 bits per heavy atom. The van der Waals surface area contributed by atoms with E-state index in [1.54, 1.807) is 6.07 Å². The summed E-state index contributed by atoms with van der Waals surface area (Å²) in [5.74, 6) is 0.152. The zero-order chi connectivity index (χ0) is 13.8. The van der Waals surface area contributed by atoms with E-state index in [9.17, 15) is 4.39 Å². The van der Waals surface area contributed by atoms with E-state index in [4.69, 9.17) is 16.3 Å². The van der Waals surface area contributed by atoms with Crippen LogP contribution in [0.2, 0.25) is 5.02 Å². The van der Waals surface area contributed by atoms with Crippen molar-refractivity contribution in [3.63, 3.8) is 0 Å². The van der Waals surface area contributed by atoms with E-state index in [0.717, 1.165) is 31.6 Å². The van der Waals surface area contributed by atoms with Crippen LogP contribution >= 0.6 is 11.6 Å². The highest BCUT2D eigenvalue weighted by Gasteiger charge is 2.29. The molecule has 0 aromatic heterocycles. The summed E-state index contributed by atoms with van der Waals surface area (Å²) in [5, 5.41) is 3.67. The van der Waals surface area contributed by atoms with Crippen molar-refractivity contribution >= 4 is 11.6 Å². The van der Waals surface area contributed by atoms with Gasteiger partial charge < -0.3 is 10.1 Å². The van der Waals surface area contributed by atoms with E-state index >= 15 is 0 Å². The molecular formula is C15H21ClFNO. The van der Waals surface area contributed by atoms with Crippen LogP contribution in [0.1, 0.15) is 25.8 Å². The third-order valence-corrected chi connectivity index (χ3v) is 4.01. The Balaban J connectivity index is 2.05. The zero-order valence-corrected chi connectivity index (χ0v) is 12.2. The van der Waals surface area contributed by atoms with Crippen LogP contribution < -0.4 is 5.32 Å². The van der Waals surface area contributed by atoms with Gasteiger partial charge in [0, 0.05) is 12.0 Å². The molecule has 0 amide bonds. The first-order chi connectivity index (χ1) is 9.10. The number of hydrogen-bond donors (Lipinski definition) is 1. The van der Waals surface area contributed by atoms with Crippen LogP contribution in [0.4, 0.5) is 4.39 Å². The van der Waals surface area contributed by atoms with Gasteiger partial charge in [0.15, 0.2) is 0 Å². The van der Waals surface area contributed by atoms with Crippen LogP contribution in [0, 0.1) is 11.7 Å². The van der Waals surface area contributed by atoms with Gasteiger partial charge in [-0.05, 0) is 44.0 Å². The van der Waals surface area contributed by atoms with Gasteiger partial charge in [-0.2, -0.15) is 0 Å². The Bertz CT molecular complexity index is 427. The molecule has 1 aromatic carbocycles. The highest BCUT2D eigenvalue weighted by Crippen LogP contribution is 2.25.